The summed E-state index contributed by atoms with van der Waals surface area (Å²) in [6.45, 7) is 5.94. The first kappa shape index (κ1) is 31.8. The Balaban J connectivity index is 1.59. The molecule has 1 aromatic heterocycles. The minimum absolute atomic E-state index is 0.00214. The maximum Gasteiger partial charge on any atom is 0.176 e. The van der Waals surface area contributed by atoms with Gasteiger partial charge in [-0.2, -0.15) is 0 Å². The molecule has 0 bridgehead atoms. The molecule has 0 fully saturated rings. The number of carbonyl (C=O) groups is 1. The minimum atomic E-state index is -0.899. The first-order chi connectivity index (χ1) is 20.7. The molecule has 2 aromatic carbocycles. The Labute approximate surface area is 254 Å². The molecule has 8 nitrogen and oxygen atoms in total. The third-order valence-electron chi connectivity index (χ3n) is 8.03. The molecule has 4 rings (SSSR count). The van der Waals surface area contributed by atoms with Gasteiger partial charge in [0, 0.05) is 36.7 Å². The van der Waals surface area contributed by atoms with Gasteiger partial charge in [0.25, 0.3) is 0 Å². The van der Waals surface area contributed by atoms with E-state index in [-0.39, 0.29) is 29.6 Å². The standard InChI is InChI=1S/C35H42N2O6/c1-22(2)13-29-26(6-8-31(39)35(29)43-4)18-28(16-25-10-12-37-21-25)33(41)19-32(40)27(15-24-9-11-36-20-24)14-23-5-7-30(38)34(17-23)42-3/h5-12,17,20-22,27-28,33,37,41H,13-16,18-19H2,1-4H3,(H-,38,39)/p+1. The Kier molecular flexibility index (Phi) is 11.0. The molecule has 0 spiro atoms. The summed E-state index contributed by atoms with van der Waals surface area (Å²) in [7, 11) is 3.05. The van der Waals surface area contributed by atoms with E-state index in [1.54, 1.807) is 44.1 Å². The average molecular weight is 588 g/mol. The number of aliphatic imine (C=N–C) groups is 1. The number of carbonyl (C=O) groups excluding carboxylic acids is 1. The maximum absolute atomic E-state index is 13.9. The SMILES string of the molecule is COc1cc(CC(CC2=C[CH+]N=C2)C(=O)CC(O)C(Cc2cc[nH]c2)Cc2ccc(O)c(OC)c2CC(C)C)ccc1O. The van der Waals surface area contributed by atoms with Gasteiger partial charge < -0.3 is 29.8 Å². The first-order valence-corrected chi connectivity index (χ1v) is 14.8. The second kappa shape index (κ2) is 14.8. The van der Waals surface area contributed by atoms with Crippen LogP contribution in [0.1, 0.15) is 48.9 Å². The number of ether oxygens (including phenoxy) is 2. The van der Waals surface area contributed by atoms with Crippen molar-refractivity contribution in [2.24, 2.45) is 22.7 Å². The highest BCUT2D eigenvalue weighted by molar-refractivity contribution is 5.86. The van der Waals surface area contributed by atoms with E-state index >= 15 is 0 Å². The molecular formula is C35H43N2O6+. The lowest BCUT2D eigenvalue weighted by Gasteiger charge is -2.26. The number of aliphatic hydroxyl groups excluding tert-OH is 1. The van der Waals surface area contributed by atoms with E-state index in [1.165, 1.54) is 7.11 Å². The summed E-state index contributed by atoms with van der Waals surface area (Å²) in [6.07, 6.45) is 9.26. The molecular weight excluding hydrogens is 544 g/mol. The molecule has 4 N–H and O–H groups in total. The zero-order chi connectivity index (χ0) is 30.9. The van der Waals surface area contributed by atoms with E-state index < -0.39 is 12.0 Å². The second-order valence-corrected chi connectivity index (χ2v) is 11.8. The van der Waals surface area contributed by atoms with Gasteiger partial charge in [0.1, 0.15) is 17.9 Å². The van der Waals surface area contributed by atoms with Crippen LogP contribution in [0.3, 0.4) is 0 Å². The number of aromatic nitrogens is 1. The number of Topliss-reactive ketones (excluding diaryl/α,β-unsaturated/α-hetero) is 1. The minimum Gasteiger partial charge on any atom is -0.504 e. The quantitative estimate of drug-likeness (QED) is 0.157. The lowest BCUT2D eigenvalue weighted by Crippen LogP contribution is -2.31. The lowest BCUT2D eigenvalue weighted by molar-refractivity contribution is -0.125. The number of nitrogens with zero attached hydrogens (tertiary/aromatic N) is 1. The van der Waals surface area contributed by atoms with E-state index in [2.05, 4.69) is 23.8 Å². The molecule has 43 heavy (non-hydrogen) atoms. The number of aromatic hydroxyl groups is 2. The smallest absolute Gasteiger partial charge is 0.176 e. The van der Waals surface area contributed by atoms with Gasteiger partial charge >= 0.3 is 0 Å². The fourth-order valence-corrected chi connectivity index (χ4v) is 5.82. The molecule has 0 radical (unpaired) electrons. The average Bonchev–Trinajstić information content (AvgIpc) is 3.69. The Bertz CT molecular complexity index is 1430. The van der Waals surface area contributed by atoms with Crippen molar-refractivity contribution in [1.29, 1.82) is 0 Å². The fourth-order valence-electron chi connectivity index (χ4n) is 5.82. The molecule has 1 aliphatic rings. The molecule has 0 aliphatic carbocycles. The Morgan fingerprint density at radius 3 is 2.40 bits per heavy atom. The van der Waals surface area contributed by atoms with Crippen molar-refractivity contribution in [2.75, 3.05) is 14.2 Å². The summed E-state index contributed by atoms with van der Waals surface area (Å²) >= 11 is 0. The number of aliphatic hydroxyl groups is 1. The van der Waals surface area contributed by atoms with E-state index in [0.29, 0.717) is 49.5 Å². The number of benzene rings is 2. The number of allylic oxidation sites excluding steroid dienone is 1. The van der Waals surface area contributed by atoms with Crippen LogP contribution in [0.2, 0.25) is 0 Å². The van der Waals surface area contributed by atoms with E-state index in [0.717, 1.165) is 27.8 Å². The van der Waals surface area contributed by atoms with Crippen LogP contribution < -0.4 is 9.47 Å². The molecule has 0 saturated carbocycles. The number of rotatable bonds is 16. The third kappa shape index (κ3) is 8.45. The highest BCUT2D eigenvalue weighted by Crippen LogP contribution is 2.36. The van der Waals surface area contributed by atoms with E-state index in [9.17, 15) is 20.1 Å². The van der Waals surface area contributed by atoms with Crippen LogP contribution in [0.5, 0.6) is 23.0 Å². The maximum atomic E-state index is 13.9. The summed E-state index contributed by atoms with van der Waals surface area (Å²) in [4.78, 5) is 21.2. The van der Waals surface area contributed by atoms with Gasteiger partial charge in [0.15, 0.2) is 29.2 Å². The predicted molar refractivity (Wildman–Crippen MR) is 168 cm³/mol. The summed E-state index contributed by atoms with van der Waals surface area (Å²) in [6, 6.07) is 10.6. The number of H-pyrrole nitrogens is 1. The number of aromatic amines is 1. The number of phenolic OH excluding ortho intramolecular Hbond substituents is 2. The third-order valence-corrected chi connectivity index (χ3v) is 8.03. The van der Waals surface area contributed by atoms with Crippen molar-refractivity contribution in [3.05, 3.63) is 89.2 Å². The van der Waals surface area contributed by atoms with Crippen molar-refractivity contribution < 1.29 is 29.6 Å². The highest BCUT2D eigenvalue weighted by atomic mass is 16.5. The van der Waals surface area contributed by atoms with Gasteiger partial charge in [-0.05, 0) is 78.5 Å². The Morgan fingerprint density at radius 2 is 1.74 bits per heavy atom. The number of hydrogen-bond donors (Lipinski definition) is 4. The van der Waals surface area contributed by atoms with E-state index in [4.69, 9.17) is 9.47 Å². The number of ketones is 1. The van der Waals surface area contributed by atoms with Gasteiger partial charge in [-0.1, -0.05) is 26.0 Å². The molecule has 3 aromatic rings. The van der Waals surface area contributed by atoms with Crippen LogP contribution in [-0.2, 0) is 30.5 Å². The van der Waals surface area contributed by atoms with Crippen LogP contribution in [0.25, 0.3) is 0 Å². The van der Waals surface area contributed by atoms with Crippen LogP contribution in [0, 0.1) is 24.3 Å². The predicted octanol–water partition coefficient (Wildman–Crippen LogP) is 5.78. The monoisotopic (exact) mass is 587 g/mol. The normalized spacial score (nSPS) is 14.7. The van der Waals surface area contributed by atoms with E-state index in [1.807, 2.05) is 30.6 Å². The highest BCUT2D eigenvalue weighted by Gasteiger charge is 2.30. The molecule has 0 amide bonds. The molecule has 0 saturated heterocycles. The summed E-state index contributed by atoms with van der Waals surface area (Å²) < 4.78 is 10.9. The molecule has 2 heterocycles. The van der Waals surface area contributed by atoms with Crippen LogP contribution in [0.15, 0.2) is 65.4 Å². The van der Waals surface area contributed by atoms with Gasteiger partial charge in [-0.25, -0.2) is 0 Å². The number of nitrogens with one attached hydrogen (secondary N) is 1. The Hall–Kier alpha value is -4.17. The fraction of sp³-hybridized carbons (Fsp3) is 0.400. The molecule has 3 atom stereocenters. The van der Waals surface area contributed by atoms with Gasteiger partial charge in [0.05, 0.1) is 26.4 Å². The number of hydrogen-bond acceptors (Lipinski definition) is 7. The van der Waals surface area contributed by atoms with Crippen LogP contribution in [0.4, 0.5) is 0 Å². The molecule has 8 heteroatoms. The van der Waals surface area contributed by atoms with Crippen molar-refractivity contribution >= 4 is 12.0 Å². The van der Waals surface area contributed by atoms with Crippen molar-refractivity contribution in [3.8, 4) is 23.0 Å². The molecule has 228 valence electrons. The van der Waals surface area contributed by atoms with Crippen molar-refractivity contribution in [1.82, 2.24) is 4.98 Å². The summed E-state index contributed by atoms with van der Waals surface area (Å²) in [5, 5.41) is 32.2. The summed E-state index contributed by atoms with van der Waals surface area (Å²) in [5.41, 5.74) is 4.78. The molecule has 1 aliphatic heterocycles. The van der Waals surface area contributed by atoms with Gasteiger partial charge in [0.2, 0.25) is 0 Å². The largest absolute Gasteiger partial charge is 0.504 e. The summed E-state index contributed by atoms with van der Waals surface area (Å²) in [5.74, 6) is 0.591. The lowest BCUT2D eigenvalue weighted by atomic mass is 9.81. The zero-order valence-corrected chi connectivity index (χ0v) is 25.4. The molecule has 3 unspecified atom stereocenters. The van der Waals surface area contributed by atoms with Crippen molar-refractivity contribution in [2.45, 2.75) is 58.5 Å². The number of phenols is 2. The van der Waals surface area contributed by atoms with Crippen LogP contribution in [-0.4, -0.2) is 52.6 Å². The van der Waals surface area contributed by atoms with Crippen LogP contribution >= 0.6 is 0 Å². The first-order valence-electron chi connectivity index (χ1n) is 14.8. The van der Waals surface area contributed by atoms with Crippen molar-refractivity contribution in [3.63, 3.8) is 0 Å². The van der Waals surface area contributed by atoms with Gasteiger partial charge in [-0.15, -0.1) is 4.99 Å². The number of methoxy groups -OCH3 is 2. The zero-order valence-electron chi connectivity index (χ0n) is 25.4. The van der Waals surface area contributed by atoms with Gasteiger partial charge in [-0.3, -0.25) is 4.79 Å². The second-order valence-electron chi connectivity index (χ2n) is 11.8. The topological polar surface area (TPSA) is 124 Å². The Morgan fingerprint density at radius 1 is 0.953 bits per heavy atom.